The number of aromatic carboxylic acids is 1. The van der Waals surface area contributed by atoms with E-state index in [2.05, 4.69) is 5.32 Å². The zero-order chi connectivity index (χ0) is 14.0. The van der Waals surface area contributed by atoms with E-state index < -0.39 is 16.8 Å². The number of nitrogens with one attached hydrogen (secondary N) is 1. The van der Waals surface area contributed by atoms with Crippen LogP contribution < -0.4 is 5.32 Å². The molecule has 98 valence electrons. The van der Waals surface area contributed by atoms with E-state index in [-0.39, 0.29) is 20.4 Å². The SMILES string of the molecule is O=C(Nc1ccsc1C(=O)O)c1ccc([N+](=O)[O-])s1. The molecule has 2 rings (SSSR count). The van der Waals surface area contributed by atoms with Crippen LogP contribution in [0.3, 0.4) is 0 Å². The van der Waals surface area contributed by atoms with Crippen molar-refractivity contribution in [2.45, 2.75) is 0 Å². The van der Waals surface area contributed by atoms with Gasteiger partial charge in [-0.3, -0.25) is 14.9 Å². The number of hydrogen-bond acceptors (Lipinski definition) is 6. The van der Waals surface area contributed by atoms with Crippen molar-refractivity contribution in [1.82, 2.24) is 0 Å². The van der Waals surface area contributed by atoms with E-state index in [1.54, 1.807) is 0 Å². The highest BCUT2D eigenvalue weighted by atomic mass is 32.1. The Kier molecular flexibility index (Phi) is 3.58. The first-order valence-corrected chi connectivity index (χ1v) is 6.55. The smallest absolute Gasteiger partial charge is 0.348 e. The van der Waals surface area contributed by atoms with E-state index in [1.807, 2.05) is 0 Å². The van der Waals surface area contributed by atoms with Gasteiger partial charge in [0.25, 0.3) is 5.91 Å². The van der Waals surface area contributed by atoms with Crippen LogP contribution in [0, 0.1) is 10.1 Å². The summed E-state index contributed by atoms with van der Waals surface area (Å²) < 4.78 is 0. The van der Waals surface area contributed by atoms with Crippen LogP contribution in [0.5, 0.6) is 0 Å². The molecule has 9 heteroatoms. The van der Waals surface area contributed by atoms with Crippen LogP contribution in [-0.4, -0.2) is 21.9 Å². The summed E-state index contributed by atoms with van der Waals surface area (Å²) in [6.45, 7) is 0. The van der Waals surface area contributed by atoms with Crippen molar-refractivity contribution in [2.75, 3.05) is 5.32 Å². The first kappa shape index (κ1) is 13.2. The molecule has 0 fully saturated rings. The molecule has 7 nitrogen and oxygen atoms in total. The van der Waals surface area contributed by atoms with Crippen molar-refractivity contribution in [2.24, 2.45) is 0 Å². The zero-order valence-corrected chi connectivity index (χ0v) is 10.8. The molecule has 0 bridgehead atoms. The van der Waals surface area contributed by atoms with Gasteiger partial charge in [0, 0.05) is 6.07 Å². The van der Waals surface area contributed by atoms with Crippen molar-refractivity contribution in [3.05, 3.63) is 43.4 Å². The van der Waals surface area contributed by atoms with E-state index in [0.717, 1.165) is 22.7 Å². The molecule has 0 atom stereocenters. The van der Waals surface area contributed by atoms with Crippen LogP contribution >= 0.6 is 22.7 Å². The summed E-state index contributed by atoms with van der Waals surface area (Å²) in [4.78, 5) is 32.8. The molecular formula is C10H6N2O5S2. The molecule has 0 spiro atoms. The highest BCUT2D eigenvalue weighted by Crippen LogP contribution is 2.27. The van der Waals surface area contributed by atoms with Gasteiger partial charge in [0.1, 0.15) is 4.88 Å². The molecule has 0 aliphatic carbocycles. The second-order valence-corrected chi connectivity index (χ2v) is 5.30. The molecule has 2 heterocycles. The maximum absolute atomic E-state index is 11.8. The van der Waals surface area contributed by atoms with E-state index in [0.29, 0.717) is 0 Å². The molecule has 0 saturated carbocycles. The number of anilines is 1. The van der Waals surface area contributed by atoms with Crippen molar-refractivity contribution >= 4 is 45.2 Å². The number of carbonyl (C=O) groups excluding carboxylic acids is 1. The molecular weight excluding hydrogens is 292 g/mol. The average molecular weight is 298 g/mol. The van der Waals surface area contributed by atoms with Gasteiger partial charge < -0.3 is 10.4 Å². The van der Waals surface area contributed by atoms with Crippen LogP contribution in [-0.2, 0) is 0 Å². The third kappa shape index (κ3) is 2.77. The van der Waals surface area contributed by atoms with E-state index in [9.17, 15) is 19.7 Å². The van der Waals surface area contributed by atoms with E-state index in [4.69, 9.17) is 5.11 Å². The summed E-state index contributed by atoms with van der Waals surface area (Å²) in [5.74, 6) is -1.71. The fourth-order valence-electron chi connectivity index (χ4n) is 1.31. The minimum Gasteiger partial charge on any atom is -0.477 e. The quantitative estimate of drug-likeness (QED) is 0.666. The maximum atomic E-state index is 11.8. The molecule has 0 saturated heterocycles. The Morgan fingerprint density at radius 1 is 1.32 bits per heavy atom. The predicted molar refractivity (Wildman–Crippen MR) is 70.2 cm³/mol. The maximum Gasteiger partial charge on any atom is 0.348 e. The Morgan fingerprint density at radius 2 is 2.05 bits per heavy atom. The summed E-state index contributed by atoms with van der Waals surface area (Å²) in [7, 11) is 0. The Balaban J connectivity index is 2.18. The molecule has 0 unspecified atom stereocenters. The van der Waals surface area contributed by atoms with E-state index >= 15 is 0 Å². The van der Waals surface area contributed by atoms with Gasteiger partial charge >= 0.3 is 11.0 Å². The first-order chi connectivity index (χ1) is 8.99. The number of carboxylic acids is 1. The number of amides is 1. The van der Waals surface area contributed by atoms with Crippen LogP contribution in [0.15, 0.2) is 23.6 Å². The van der Waals surface area contributed by atoms with Gasteiger partial charge in [-0.1, -0.05) is 11.3 Å². The molecule has 19 heavy (non-hydrogen) atoms. The van der Waals surface area contributed by atoms with Gasteiger partial charge in [0.2, 0.25) is 0 Å². The lowest BCUT2D eigenvalue weighted by Crippen LogP contribution is -2.11. The van der Waals surface area contributed by atoms with E-state index in [1.165, 1.54) is 23.6 Å². The molecule has 1 amide bonds. The minimum atomic E-state index is -1.14. The number of thiophene rings is 2. The van der Waals surface area contributed by atoms with Crippen LogP contribution in [0.1, 0.15) is 19.3 Å². The third-order valence-electron chi connectivity index (χ3n) is 2.10. The Labute approximate surface area is 114 Å². The number of carbonyl (C=O) groups is 2. The van der Waals surface area contributed by atoms with Crippen molar-refractivity contribution < 1.29 is 19.6 Å². The summed E-state index contributed by atoms with van der Waals surface area (Å²) in [6.07, 6.45) is 0. The standard InChI is InChI=1S/C10H6N2O5S2/c13-9(6-1-2-7(19-6)12(16)17)11-5-3-4-18-8(5)10(14)15/h1-4H,(H,11,13)(H,14,15). The van der Waals surface area contributed by atoms with Gasteiger partial charge in [-0.2, -0.15) is 0 Å². The molecule has 0 aliphatic heterocycles. The van der Waals surface area contributed by atoms with Crippen molar-refractivity contribution in [3.8, 4) is 0 Å². The summed E-state index contributed by atoms with van der Waals surface area (Å²) in [5, 5.41) is 23.2. The highest BCUT2D eigenvalue weighted by molar-refractivity contribution is 7.17. The second-order valence-electron chi connectivity index (χ2n) is 3.32. The zero-order valence-electron chi connectivity index (χ0n) is 9.15. The fourth-order valence-corrected chi connectivity index (χ4v) is 2.71. The van der Waals surface area contributed by atoms with Crippen LogP contribution in [0.25, 0.3) is 0 Å². The largest absolute Gasteiger partial charge is 0.477 e. The topological polar surface area (TPSA) is 110 Å². The number of carboxylic acid groups (broad SMARTS) is 1. The third-order valence-corrected chi connectivity index (χ3v) is 4.04. The van der Waals surface area contributed by atoms with Gasteiger partial charge in [-0.05, 0) is 17.5 Å². The molecule has 0 radical (unpaired) electrons. The van der Waals surface area contributed by atoms with Crippen molar-refractivity contribution in [1.29, 1.82) is 0 Å². The normalized spacial score (nSPS) is 10.1. The van der Waals surface area contributed by atoms with Gasteiger partial charge in [0.15, 0.2) is 0 Å². The lowest BCUT2D eigenvalue weighted by molar-refractivity contribution is -0.380. The number of rotatable bonds is 4. The lowest BCUT2D eigenvalue weighted by atomic mass is 10.3. The number of nitro groups is 1. The van der Waals surface area contributed by atoms with Crippen molar-refractivity contribution in [3.63, 3.8) is 0 Å². The Bertz CT molecular complexity index is 660. The minimum absolute atomic E-state index is 0.0133. The number of hydrogen-bond donors (Lipinski definition) is 2. The molecule has 2 aromatic rings. The molecule has 0 aliphatic rings. The molecule has 0 aromatic carbocycles. The summed E-state index contributed by atoms with van der Waals surface area (Å²) in [5.41, 5.74) is 0.179. The first-order valence-electron chi connectivity index (χ1n) is 4.85. The highest BCUT2D eigenvalue weighted by Gasteiger charge is 2.18. The van der Waals surface area contributed by atoms with Gasteiger partial charge in [-0.15, -0.1) is 11.3 Å². The monoisotopic (exact) mass is 298 g/mol. The average Bonchev–Trinajstić information content (AvgIpc) is 2.96. The van der Waals surface area contributed by atoms with Gasteiger partial charge in [-0.25, -0.2) is 4.79 Å². The lowest BCUT2D eigenvalue weighted by Gasteiger charge is -2.01. The number of nitrogens with zero attached hydrogens (tertiary/aromatic N) is 1. The summed E-state index contributed by atoms with van der Waals surface area (Å²) in [6, 6.07) is 4.02. The summed E-state index contributed by atoms with van der Waals surface area (Å²) >= 11 is 1.72. The predicted octanol–water partition coefficient (Wildman–Crippen LogP) is 2.67. The fraction of sp³-hybridized carbons (Fsp3) is 0. The second kappa shape index (κ2) is 5.16. The molecule has 2 N–H and O–H groups in total. The Morgan fingerprint density at radius 3 is 2.63 bits per heavy atom. The van der Waals surface area contributed by atoms with Gasteiger partial charge in [0.05, 0.1) is 15.5 Å². The molecule has 2 aromatic heterocycles. The van der Waals surface area contributed by atoms with Crippen LogP contribution in [0.4, 0.5) is 10.7 Å². The van der Waals surface area contributed by atoms with Crippen LogP contribution in [0.2, 0.25) is 0 Å². The Hall–Kier alpha value is -2.26.